The normalized spacial score (nSPS) is 10.4. The predicted octanol–water partition coefficient (Wildman–Crippen LogP) is 0.766. The Balaban J connectivity index is 2.78. The number of hydrogen-bond acceptors (Lipinski definition) is 9. The van der Waals surface area contributed by atoms with Crippen LogP contribution in [0.15, 0.2) is 0 Å². The van der Waals surface area contributed by atoms with Gasteiger partial charge in [-0.2, -0.15) is 0 Å². The molecule has 0 spiro atoms. The van der Waals surface area contributed by atoms with Gasteiger partial charge in [0.1, 0.15) is 13.2 Å². The largest absolute Gasteiger partial charge is 0.503 e. The lowest BCUT2D eigenvalue weighted by Crippen LogP contribution is -2.09. The van der Waals surface area contributed by atoms with Crippen LogP contribution >= 0.6 is 11.3 Å². The summed E-state index contributed by atoms with van der Waals surface area (Å²) in [6.07, 6.45) is 0. The maximum absolute atomic E-state index is 11.7. The maximum atomic E-state index is 11.7. The fourth-order valence-corrected chi connectivity index (χ4v) is 2.13. The summed E-state index contributed by atoms with van der Waals surface area (Å²) in [6.45, 7) is 0.355. The van der Waals surface area contributed by atoms with Gasteiger partial charge in [0.25, 0.3) is 0 Å². The van der Waals surface area contributed by atoms with Gasteiger partial charge in [-0.05, 0) is 0 Å². The van der Waals surface area contributed by atoms with Gasteiger partial charge in [-0.15, -0.1) is 11.3 Å². The molecule has 0 radical (unpaired) electrons. The number of hydrogen-bond donors (Lipinski definition) is 2. The van der Waals surface area contributed by atoms with Crippen molar-refractivity contribution in [2.45, 2.75) is 0 Å². The zero-order valence-electron chi connectivity index (χ0n) is 11.6. The molecule has 0 saturated carbocycles. The highest BCUT2D eigenvalue weighted by molar-refractivity contribution is 7.16. The van der Waals surface area contributed by atoms with Crippen LogP contribution in [0.2, 0.25) is 0 Å². The Morgan fingerprint density at radius 3 is 1.57 bits per heavy atom. The highest BCUT2D eigenvalue weighted by Crippen LogP contribution is 2.41. The molecular formula is C12H16O8S. The van der Waals surface area contributed by atoms with Crippen molar-refractivity contribution in [2.75, 3.05) is 40.6 Å². The molecule has 0 aliphatic carbocycles. The molecule has 0 fully saturated rings. The van der Waals surface area contributed by atoms with E-state index < -0.39 is 23.4 Å². The summed E-state index contributed by atoms with van der Waals surface area (Å²) in [6, 6.07) is 0. The van der Waals surface area contributed by atoms with E-state index in [0.717, 1.165) is 0 Å². The van der Waals surface area contributed by atoms with Crippen LogP contribution < -0.4 is 0 Å². The molecule has 9 heteroatoms. The number of rotatable bonds is 8. The van der Waals surface area contributed by atoms with Gasteiger partial charge in [0, 0.05) is 14.2 Å². The van der Waals surface area contributed by atoms with Crippen LogP contribution in [0.4, 0.5) is 0 Å². The lowest BCUT2D eigenvalue weighted by Gasteiger charge is -2.02. The van der Waals surface area contributed by atoms with Crippen LogP contribution in [0.5, 0.6) is 11.5 Å². The van der Waals surface area contributed by atoms with E-state index in [1.807, 2.05) is 0 Å². The summed E-state index contributed by atoms with van der Waals surface area (Å²) in [7, 11) is 2.88. The number of ether oxygens (including phenoxy) is 4. The van der Waals surface area contributed by atoms with Crippen LogP contribution in [-0.4, -0.2) is 62.8 Å². The second kappa shape index (κ2) is 8.45. The molecule has 1 aromatic heterocycles. The Hall–Kier alpha value is -1.84. The fourth-order valence-electron chi connectivity index (χ4n) is 1.26. The summed E-state index contributed by atoms with van der Waals surface area (Å²) >= 11 is 0.588. The van der Waals surface area contributed by atoms with E-state index >= 15 is 0 Å². The molecule has 0 atom stereocenters. The Morgan fingerprint density at radius 1 is 0.857 bits per heavy atom. The molecule has 1 rings (SSSR count). The first-order valence-electron chi connectivity index (χ1n) is 5.89. The third-order valence-electron chi connectivity index (χ3n) is 2.27. The average molecular weight is 320 g/mol. The minimum Gasteiger partial charge on any atom is -0.503 e. The highest BCUT2D eigenvalue weighted by Gasteiger charge is 2.28. The molecule has 0 bridgehead atoms. The first kappa shape index (κ1) is 17.2. The molecule has 0 saturated heterocycles. The van der Waals surface area contributed by atoms with E-state index in [2.05, 4.69) is 0 Å². The number of carbonyl (C=O) groups is 2. The van der Waals surface area contributed by atoms with E-state index in [-0.39, 0.29) is 36.2 Å². The van der Waals surface area contributed by atoms with Crippen molar-refractivity contribution < 1.29 is 38.7 Å². The third kappa shape index (κ3) is 4.59. The van der Waals surface area contributed by atoms with E-state index in [4.69, 9.17) is 18.9 Å². The van der Waals surface area contributed by atoms with Crippen LogP contribution in [-0.2, 0) is 18.9 Å². The molecular weight excluding hydrogens is 304 g/mol. The number of aromatic hydroxyl groups is 2. The van der Waals surface area contributed by atoms with Gasteiger partial charge >= 0.3 is 11.9 Å². The summed E-state index contributed by atoms with van der Waals surface area (Å²) in [5.41, 5.74) is 0. The number of methoxy groups -OCH3 is 2. The highest BCUT2D eigenvalue weighted by atomic mass is 32.1. The van der Waals surface area contributed by atoms with Crippen molar-refractivity contribution in [2.24, 2.45) is 0 Å². The molecule has 0 unspecified atom stereocenters. The van der Waals surface area contributed by atoms with Gasteiger partial charge in [0.15, 0.2) is 21.3 Å². The van der Waals surface area contributed by atoms with Crippen molar-refractivity contribution in [1.82, 2.24) is 0 Å². The van der Waals surface area contributed by atoms with Crippen molar-refractivity contribution in [1.29, 1.82) is 0 Å². The van der Waals surface area contributed by atoms with Crippen molar-refractivity contribution >= 4 is 23.3 Å². The molecule has 2 N–H and O–H groups in total. The molecule has 1 aromatic rings. The van der Waals surface area contributed by atoms with E-state index in [1.54, 1.807) is 0 Å². The summed E-state index contributed by atoms with van der Waals surface area (Å²) in [5.74, 6) is -3.14. The zero-order valence-corrected chi connectivity index (χ0v) is 12.4. The molecule has 21 heavy (non-hydrogen) atoms. The average Bonchev–Trinajstić information content (AvgIpc) is 2.76. The Morgan fingerprint density at radius 2 is 1.24 bits per heavy atom. The maximum Gasteiger partial charge on any atom is 0.352 e. The van der Waals surface area contributed by atoms with Gasteiger partial charge < -0.3 is 29.2 Å². The van der Waals surface area contributed by atoms with Gasteiger partial charge in [0.2, 0.25) is 0 Å². The molecule has 0 aromatic carbocycles. The summed E-state index contributed by atoms with van der Waals surface area (Å²) in [5, 5.41) is 19.3. The topological polar surface area (TPSA) is 112 Å². The quantitative estimate of drug-likeness (QED) is 0.533. The standard InChI is InChI=1S/C12H16O8S/c1-17-3-5-19-11(15)9-7(13)8(14)10(21-9)12(16)20-6-4-18-2/h13-14H,3-6H2,1-2H3. The van der Waals surface area contributed by atoms with E-state index in [0.29, 0.717) is 11.3 Å². The Labute approximate surface area is 124 Å². The molecule has 0 aliphatic heterocycles. The number of thiophene rings is 1. The first-order valence-corrected chi connectivity index (χ1v) is 6.71. The van der Waals surface area contributed by atoms with Crippen LogP contribution in [0.25, 0.3) is 0 Å². The molecule has 118 valence electrons. The molecule has 8 nitrogen and oxygen atoms in total. The lowest BCUT2D eigenvalue weighted by atomic mass is 10.3. The summed E-state index contributed by atoms with van der Waals surface area (Å²) in [4.78, 5) is 22.8. The Bertz CT molecular complexity index is 453. The van der Waals surface area contributed by atoms with Gasteiger partial charge in [-0.3, -0.25) is 0 Å². The summed E-state index contributed by atoms with van der Waals surface area (Å²) < 4.78 is 19.0. The monoisotopic (exact) mass is 320 g/mol. The second-order valence-electron chi connectivity index (χ2n) is 3.71. The van der Waals surface area contributed by atoms with Crippen LogP contribution in [0, 0.1) is 0 Å². The fraction of sp³-hybridized carbons (Fsp3) is 0.500. The van der Waals surface area contributed by atoms with Gasteiger partial charge in [-0.1, -0.05) is 0 Å². The second-order valence-corrected chi connectivity index (χ2v) is 4.74. The number of carbonyl (C=O) groups excluding carboxylic acids is 2. The van der Waals surface area contributed by atoms with Gasteiger partial charge in [0.05, 0.1) is 13.2 Å². The SMILES string of the molecule is COCCOC(=O)c1sc(C(=O)OCCOC)c(O)c1O. The molecule has 1 heterocycles. The van der Waals surface area contributed by atoms with Gasteiger partial charge in [-0.25, -0.2) is 9.59 Å². The van der Waals surface area contributed by atoms with E-state index in [1.165, 1.54) is 14.2 Å². The van der Waals surface area contributed by atoms with Crippen molar-refractivity contribution in [3.05, 3.63) is 9.75 Å². The predicted molar refractivity (Wildman–Crippen MR) is 72.0 cm³/mol. The third-order valence-corrected chi connectivity index (χ3v) is 3.40. The van der Waals surface area contributed by atoms with Crippen molar-refractivity contribution in [3.63, 3.8) is 0 Å². The van der Waals surface area contributed by atoms with E-state index in [9.17, 15) is 19.8 Å². The molecule has 0 aliphatic rings. The Kier molecular flexibility index (Phi) is 6.92. The molecule has 0 amide bonds. The van der Waals surface area contributed by atoms with Crippen molar-refractivity contribution in [3.8, 4) is 11.5 Å². The first-order chi connectivity index (χ1) is 10.0. The zero-order chi connectivity index (χ0) is 15.8. The number of esters is 2. The minimum atomic E-state index is -0.860. The van der Waals surface area contributed by atoms with Crippen LogP contribution in [0.1, 0.15) is 19.3 Å². The lowest BCUT2D eigenvalue weighted by molar-refractivity contribution is 0.0383. The minimum absolute atomic E-state index is 0.0128. The smallest absolute Gasteiger partial charge is 0.352 e. The van der Waals surface area contributed by atoms with Crippen LogP contribution in [0.3, 0.4) is 0 Å².